The van der Waals surface area contributed by atoms with Crippen LogP contribution in [-0.4, -0.2) is 26.7 Å². The van der Waals surface area contributed by atoms with Gasteiger partial charge in [-0.3, -0.25) is 4.79 Å². The lowest BCUT2D eigenvalue weighted by molar-refractivity contribution is -0.182. The highest BCUT2D eigenvalue weighted by Gasteiger charge is 2.58. The van der Waals surface area contributed by atoms with Gasteiger partial charge in [0.05, 0.1) is 5.92 Å². The highest BCUT2D eigenvalue weighted by Crippen LogP contribution is 2.61. The van der Waals surface area contributed by atoms with E-state index in [1.165, 1.54) is 0 Å². The van der Waals surface area contributed by atoms with Crippen molar-refractivity contribution in [1.29, 1.82) is 0 Å². The van der Waals surface area contributed by atoms with Gasteiger partial charge in [-0.15, -0.1) is 0 Å². The fourth-order valence-electron chi connectivity index (χ4n) is 4.81. The SMILES string of the molecule is CC(C)n1nc(C2CCC(C(F)(F)F)CC2)nc1C1[C@H]2CC(=O)C[C@@H]12. The van der Waals surface area contributed by atoms with Gasteiger partial charge in [0.15, 0.2) is 5.82 Å². The minimum atomic E-state index is -4.08. The van der Waals surface area contributed by atoms with E-state index in [2.05, 4.69) is 5.10 Å². The maximum absolute atomic E-state index is 12.9. The van der Waals surface area contributed by atoms with Crippen molar-refractivity contribution in [3.05, 3.63) is 11.6 Å². The molecule has 3 aliphatic rings. The number of hydrogen-bond acceptors (Lipinski definition) is 3. The van der Waals surface area contributed by atoms with Gasteiger partial charge in [-0.2, -0.15) is 18.3 Å². The topological polar surface area (TPSA) is 47.8 Å². The van der Waals surface area contributed by atoms with Crippen LogP contribution in [0.2, 0.25) is 0 Å². The summed E-state index contributed by atoms with van der Waals surface area (Å²) < 4.78 is 40.5. The molecule has 0 aromatic carbocycles. The standard InChI is InChI=1S/C18H24F3N3O/c1-9(2)24-17(15-13-7-12(25)8-14(13)15)22-16(23-24)10-3-5-11(6-4-10)18(19,20)21/h9-11,13-15H,3-8H2,1-2H3/t10?,11?,13-,14+,15?. The second-order valence-corrected chi connectivity index (χ2v) is 8.26. The normalized spacial score (nSPS) is 35.3. The second-order valence-electron chi connectivity index (χ2n) is 8.26. The summed E-state index contributed by atoms with van der Waals surface area (Å²) in [5, 5.41) is 4.67. The van der Waals surface area contributed by atoms with Crippen LogP contribution in [0, 0.1) is 17.8 Å². The van der Waals surface area contributed by atoms with Crippen LogP contribution < -0.4 is 0 Å². The molecule has 1 unspecified atom stereocenters. The summed E-state index contributed by atoms with van der Waals surface area (Å²) in [6.07, 6.45) is -1.45. The average molecular weight is 355 g/mol. The molecule has 7 heteroatoms. The van der Waals surface area contributed by atoms with Crippen molar-refractivity contribution >= 4 is 5.78 Å². The quantitative estimate of drug-likeness (QED) is 0.808. The van der Waals surface area contributed by atoms with Crippen LogP contribution in [0.15, 0.2) is 0 Å². The van der Waals surface area contributed by atoms with Crippen molar-refractivity contribution in [2.24, 2.45) is 17.8 Å². The first-order chi connectivity index (χ1) is 11.8. The molecule has 0 aliphatic heterocycles. The van der Waals surface area contributed by atoms with Crippen molar-refractivity contribution in [3.63, 3.8) is 0 Å². The predicted octanol–water partition coefficient (Wildman–Crippen LogP) is 4.39. The van der Waals surface area contributed by atoms with Gasteiger partial charge in [-0.05, 0) is 51.4 Å². The van der Waals surface area contributed by atoms with Crippen molar-refractivity contribution in [2.75, 3.05) is 0 Å². The Bertz CT molecular complexity index is 660. The first-order valence-corrected chi connectivity index (χ1v) is 9.30. The van der Waals surface area contributed by atoms with Crippen LogP contribution in [0.25, 0.3) is 0 Å². The molecule has 3 atom stereocenters. The Hall–Kier alpha value is -1.40. The van der Waals surface area contributed by atoms with E-state index in [4.69, 9.17) is 4.98 Å². The van der Waals surface area contributed by atoms with Gasteiger partial charge in [0.2, 0.25) is 0 Å². The molecule has 25 heavy (non-hydrogen) atoms. The summed E-state index contributed by atoms with van der Waals surface area (Å²) in [4.78, 5) is 16.3. The number of fused-ring (bicyclic) bond motifs is 1. The fourth-order valence-corrected chi connectivity index (χ4v) is 4.81. The predicted molar refractivity (Wildman–Crippen MR) is 85.1 cm³/mol. The van der Waals surface area contributed by atoms with Gasteiger partial charge in [-0.25, -0.2) is 9.67 Å². The third kappa shape index (κ3) is 2.99. The van der Waals surface area contributed by atoms with E-state index in [0.717, 1.165) is 5.82 Å². The Balaban J connectivity index is 1.50. The minimum absolute atomic E-state index is 0.0255. The largest absolute Gasteiger partial charge is 0.391 e. The number of ketones is 1. The van der Waals surface area contributed by atoms with Crippen molar-refractivity contribution in [1.82, 2.24) is 14.8 Å². The van der Waals surface area contributed by atoms with Gasteiger partial charge in [0, 0.05) is 30.7 Å². The third-order valence-corrected chi connectivity index (χ3v) is 6.27. The number of Topliss-reactive ketones (excluding diaryl/α,β-unsaturated/α-hetero) is 1. The number of alkyl halides is 3. The summed E-state index contributed by atoms with van der Waals surface area (Å²) in [6, 6.07) is 0.166. The van der Waals surface area contributed by atoms with Gasteiger partial charge in [0.25, 0.3) is 0 Å². The number of hydrogen-bond donors (Lipinski definition) is 0. The molecule has 0 radical (unpaired) electrons. The van der Waals surface area contributed by atoms with E-state index in [0.29, 0.717) is 55.0 Å². The summed E-state index contributed by atoms with van der Waals surface area (Å²) >= 11 is 0. The Labute approximate surface area is 145 Å². The molecule has 3 saturated carbocycles. The van der Waals surface area contributed by atoms with Gasteiger partial charge >= 0.3 is 6.18 Å². The molecule has 1 aromatic rings. The molecule has 3 fully saturated rings. The molecule has 0 saturated heterocycles. The number of halogens is 3. The summed E-state index contributed by atoms with van der Waals surface area (Å²) in [5.41, 5.74) is 0. The van der Waals surface area contributed by atoms with E-state index in [1.54, 1.807) is 0 Å². The first kappa shape index (κ1) is 17.0. The summed E-state index contributed by atoms with van der Waals surface area (Å²) in [5.74, 6) is 1.97. The number of carbonyl (C=O) groups is 1. The first-order valence-electron chi connectivity index (χ1n) is 9.30. The highest BCUT2D eigenvalue weighted by atomic mass is 19.4. The highest BCUT2D eigenvalue weighted by molar-refractivity contribution is 5.83. The van der Waals surface area contributed by atoms with E-state index in [-0.39, 0.29) is 24.8 Å². The number of carbonyl (C=O) groups excluding carboxylic acids is 1. The Morgan fingerprint density at radius 1 is 1.08 bits per heavy atom. The van der Waals surface area contributed by atoms with Crippen LogP contribution in [0.1, 0.15) is 81.9 Å². The van der Waals surface area contributed by atoms with Crippen LogP contribution in [0.3, 0.4) is 0 Å². The smallest absolute Gasteiger partial charge is 0.300 e. The maximum atomic E-state index is 12.9. The third-order valence-electron chi connectivity index (χ3n) is 6.27. The maximum Gasteiger partial charge on any atom is 0.391 e. The zero-order valence-electron chi connectivity index (χ0n) is 14.6. The average Bonchev–Trinajstić information content (AvgIpc) is 2.90. The Morgan fingerprint density at radius 2 is 1.68 bits per heavy atom. The molecule has 0 amide bonds. The molecule has 138 valence electrons. The Morgan fingerprint density at radius 3 is 2.20 bits per heavy atom. The number of nitrogens with zero attached hydrogens (tertiary/aromatic N) is 3. The molecule has 1 heterocycles. The zero-order valence-corrected chi connectivity index (χ0v) is 14.6. The van der Waals surface area contributed by atoms with Crippen LogP contribution in [0.4, 0.5) is 13.2 Å². The molecule has 4 nitrogen and oxygen atoms in total. The monoisotopic (exact) mass is 355 g/mol. The van der Waals surface area contributed by atoms with Crippen molar-refractivity contribution in [2.45, 2.75) is 76.4 Å². The molecule has 1 aromatic heterocycles. The summed E-state index contributed by atoms with van der Waals surface area (Å²) in [7, 11) is 0. The van der Waals surface area contributed by atoms with Crippen LogP contribution in [-0.2, 0) is 4.79 Å². The van der Waals surface area contributed by atoms with E-state index in [1.807, 2.05) is 18.5 Å². The molecule has 0 N–H and O–H groups in total. The zero-order chi connectivity index (χ0) is 17.9. The number of rotatable bonds is 3. The fraction of sp³-hybridized carbons (Fsp3) is 0.833. The minimum Gasteiger partial charge on any atom is -0.300 e. The lowest BCUT2D eigenvalue weighted by Gasteiger charge is -2.28. The lowest BCUT2D eigenvalue weighted by Crippen LogP contribution is -2.27. The van der Waals surface area contributed by atoms with E-state index < -0.39 is 12.1 Å². The molecular formula is C18H24F3N3O. The van der Waals surface area contributed by atoms with E-state index >= 15 is 0 Å². The van der Waals surface area contributed by atoms with Crippen LogP contribution >= 0.6 is 0 Å². The van der Waals surface area contributed by atoms with E-state index in [9.17, 15) is 18.0 Å². The molecular weight excluding hydrogens is 331 g/mol. The molecule has 3 aliphatic carbocycles. The van der Waals surface area contributed by atoms with Gasteiger partial charge in [-0.1, -0.05) is 0 Å². The Kier molecular flexibility index (Phi) is 3.96. The van der Waals surface area contributed by atoms with Crippen molar-refractivity contribution < 1.29 is 18.0 Å². The lowest BCUT2D eigenvalue weighted by atomic mass is 9.81. The molecule has 4 rings (SSSR count). The van der Waals surface area contributed by atoms with Gasteiger partial charge in [0.1, 0.15) is 11.6 Å². The summed E-state index contributed by atoms with van der Waals surface area (Å²) in [6.45, 7) is 4.09. The van der Waals surface area contributed by atoms with Crippen LogP contribution in [0.5, 0.6) is 0 Å². The van der Waals surface area contributed by atoms with Gasteiger partial charge < -0.3 is 0 Å². The second kappa shape index (κ2) is 5.81. The molecule has 0 spiro atoms. The van der Waals surface area contributed by atoms with Crippen molar-refractivity contribution in [3.8, 4) is 0 Å². The number of aromatic nitrogens is 3. The molecule has 0 bridgehead atoms.